The molecule has 2 aromatic rings. The molecule has 0 aromatic heterocycles. The highest BCUT2D eigenvalue weighted by atomic mass is 16.5. The van der Waals surface area contributed by atoms with E-state index in [0.717, 1.165) is 5.01 Å². The summed E-state index contributed by atoms with van der Waals surface area (Å²) in [6, 6.07) is 11.4. The van der Waals surface area contributed by atoms with Crippen molar-refractivity contribution in [1.82, 2.24) is 10.4 Å². The van der Waals surface area contributed by atoms with Crippen molar-refractivity contribution in [1.29, 1.82) is 0 Å². The summed E-state index contributed by atoms with van der Waals surface area (Å²) >= 11 is 0. The number of hydrogen-bond donors (Lipinski definition) is 2. The third kappa shape index (κ3) is 5.94. The first kappa shape index (κ1) is 24.4. The van der Waals surface area contributed by atoms with Crippen molar-refractivity contribution in [3.05, 3.63) is 48.0 Å². The fourth-order valence-corrected chi connectivity index (χ4v) is 3.29. The number of hydrogen-bond acceptors (Lipinski definition) is 8. The van der Waals surface area contributed by atoms with Gasteiger partial charge in [0.2, 0.25) is 5.91 Å². The second-order valence-corrected chi connectivity index (χ2v) is 7.30. The minimum Gasteiger partial charge on any atom is -0.497 e. The number of methoxy groups -OCH3 is 3. The monoisotopic (exact) mass is 471 g/mol. The van der Waals surface area contributed by atoms with Gasteiger partial charge < -0.3 is 24.3 Å². The van der Waals surface area contributed by atoms with Crippen LogP contribution in [-0.2, 0) is 19.1 Å². The quantitative estimate of drug-likeness (QED) is 0.525. The fraction of sp³-hybridized carbons (Fsp3) is 0.304. The molecule has 3 rings (SSSR count). The van der Waals surface area contributed by atoms with Gasteiger partial charge in [-0.15, -0.1) is 0 Å². The average Bonchev–Trinajstić information content (AvgIpc) is 3.22. The van der Waals surface area contributed by atoms with Crippen molar-refractivity contribution in [2.24, 2.45) is 5.92 Å². The molecule has 1 unspecified atom stereocenters. The van der Waals surface area contributed by atoms with Crippen molar-refractivity contribution in [3.8, 4) is 17.2 Å². The van der Waals surface area contributed by atoms with E-state index in [1.54, 1.807) is 30.3 Å². The molecule has 3 amide bonds. The van der Waals surface area contributed by atoms with E-state index in [4.69, 9.17) is 18.9 Å². The zero-order valence-corrected chi connectivity index (χ0v) is 19.0. The van der Waals surface area contributed by atoms with E-state index in [1.807, 2.05) is 0 Å². The molecular weight excluding hydrogens is 446 g/mol. The van der Waals surface area contributed by atoms with Gasteiger partial charge in [0.05, 0.1) is 39.5 Å². The number of rotatable bonds is 9. The summed E-state index contributed by atoms with van der Waals surface area (Å²) in [5.41, 5.74) is 3.12. The van der Waals surface area contributed by atoms with Crippen LogP contribution in [0, 0.1) is 5.92 Å². The number of ether oxygens (including phenoxy) is 4. The normalized spacial score (nSPS) is 14.9. The van der Waals surface area contributed by atoms with Crippen LogP contribution in [0.15, 0.2) is 42.5 Å². The van der Waals surface area contributed by atoms with Crippen molar-refractivity contribution in [2.45, 2.75) is 6.42 Å². The highest BCUT2D eigenvalue weighted by molar-refractivity contribution is 5.97. The Hall–Kier alpha value is -4.28. The van der Waals surface area contributed by atoms with Gasteiger partial charge in [0.25, 0.3) is 11.8 Å². The molecule has 1 atom stereocenters. The molecule has 0 bridgehead atoms. The van der Waals surface area contributed by atoms with Crippen LogP contribution in [0.25, 0.3) is 0 Å². The average molecular weight is 471 g/mol. The number of para-hydroxylation sites is 2. The molecule has 2 N–H and O–H groups in total. The zero-order chi connectivity index (χ0) is 24.7. The number of nitrogens with one attached hydrogen (secondary N) is 2. The van der Waals surface area contributed by atoms with Crippen molar-refractivity contribution in [3.63, 3.8) is 0 Å². The van der Waals surface area contributed by atoms with Crippen molar-refractivity contribution >= 4 is 29.4 Å². The Labute approximate surface area is 195 Å². The molecule has 11 nitrogen and oxygen atoms in total. The number of benzene rings is 2. The summed E-state index contributed by atoms with van der Waals surface area (Å²) < 4.78 is 20.5. The minimum atomic E-state index is -0.827. The lowest BCUT2D eigenvalue weighted by Crippen LogP contribution is -2.43. The second kappa shape index (κ2) is 11.0. The highest BCUT2D eigenvalue weighted by Crippen LogP contribution is 2.24. The van der Waals surface area contributed by atoms with Gasteiger partial charge in [-0.05, 0) is 24.3 Å². The first-order chi connectivity index (χ1) is 16.3. The van der Waals surface area contributed by atoms with E-state index < -0.39 is 36.2 Å². The Morgan fingerprint density at radius 2 is 1.68 bits per heavy atom. The van der Waals surface area contributed by atoms with Gasteiger partial charge in [0.15, 0.2) is 6.61 Å². The molecule has 0 saturated carbocycles. The Morgan fingerprint density at radius 3 is 2.32 bits per heavy atom. The first-order valence-electron chi connectivity index (χ1n) is 10.3. The summed E-state index contributed by atoms with van der Waals surface area (Å²) in [5, 5.41) is 3.64. The Balaban J connectivity index is 1.53. The lowest BCUT2D eigenvalue weighted by molar-refractivity contribution is -0.151. The van der Waals surface area contributed by atoms with Gasteiger partial charge in [0.1, 0.15) is 17.2 Å². The molecule has 1 fully saturated rings. The van der Waals surface area contributed by atoms with Crippen LogP contribution in [0.1, 0.15) is 16.8 Å². The lowest BCUT2D eigenvalue weighted by Gasteiger charge is -2.18. The molecule has 0 spiro atoms. The Morgan fingerprint density at radius 1 is 1.00 bits per heavy atom. The Bertz CT molecular complexity index is 1070. The number of hydrazine groups is 1. The van der Waals surface area contributed by atoms with Crippen LogP contribution in [0.3, 0.4) is 0 Å². The Kier molecular flexibility index (Phi) is 7.91. The smallest absolute Gasteiger partial charge is 0.311 e. The van der Waals surface area contributed by atoms with Crippen LogP contribution < -0.4 is 25.0 Å². The SMILES string of the molecule is COc1cc(OC)cc(C(=O)NN2CC(C(=O)OCC(=O)Nc3ccccc3OC)CC2=O)c1. The maximum atomic E-state index is 12.6. The van der Waals surface area contributed by atoms with Crippen LogP contribution >= 0.6 is 0 Å². The van der Waals surface area contributed by atoms with E-state index in [2.05, 4.69) is 10.7 Å². The molecule has 180 valence electrons. The number of carbonyl (C=O) groups is 4. The van der Waals surface area contributed by atoms with E-state index in [0.29, 0.717) is 22.9 Å². The third-order valence-corrected chi connectivity index (χ3v) is 5.04. The maximum absolute atomic E-state index is 12.6. The highest BCUT2D eigenvalue weighted by Gasteiger charge is 2.37. The van der Waals surface area contributed by atoms with Crippen LogP contribution in [0.5, 0.6) is 17.2 Å². The van der Waals surface area contributed by atoms with Crippen LogP contribution in [0.4, 0.5) is 5.69 Å². The summed E-state index contributed by atoms with van der Waals surface area (Å²) in [7, 11) is 4.37. The number of amides is 3. The summed E-state index contributed by atoms with van der Waals surface area (Å²) in [6.45, 7) is -0.615. The summed E-state index contributed by atoms with van der Waals surface area (Å²) in [6.07, 6.45) is -0.158. The maximum Gasteiger partial charge on any atom is 0.311 e. The van der Waals surface area contributed by atoms with E-state index in [-0.39, 0.29) is 18.5 Å². The van der Waals surface area contributed by atoms with Gasteiger partial charge in [-0.1, -0.05) is 12.1 Å². The summed E-state index contributed by atoms with van der Waals surface area (Å²) in [4.78, 5) is 49.4. The van der Waals surface area contributed by atoms with Gasteiger partial charge >= 0.3 is 5.97 Å². The zero-order valence-electron chi connectivity index (χ0n) is 19.0. The second-order valence-electron chi connectivity index (χ2n) is 7.30. The molecule has 34 heavy (non-hydrogen) atoms. The molecule has 0 radical (unpaired) electrons. The van der Waals surface area contributed by atoms with E-state index in [9.17, 15) is 19.2 Å². The first-order valence-corrected chi connectivity index (χ1v) is 10.3. The predicted octanol–water partition coefficient (Wildman–Crippen LogP) is 1.39. The number of carbonyl (C=O) groups excluding carboxylic acids is 4. The number of esters is 1. The standard InChI is InChI=1S/C23H25N3O8/c1-31-16-8-14(9-17(11-16)32-2)22(29)25-26-12-15(10-21(26)28)23(30)34-13-20(27)24-18-6-4-5-7-19(18)33-3/h4-9,11,15H,10,12-13H2,1-3H3,(H,24,27)(H,25,29). The van der Waals surface area contributed by atoms with Crippen LogP contribution in [0.2, 0.25) is 0 Å². The molecule has 1 aliphatic heterocycles. The minimum absolute atomic E-state index is 0.0847. The van der Waals surface area contributed by atoms with Gasteiger partial charge in [-0.3, -0.25) is 29.6 Å². The number of anilines is 1. The van der Waals surface area contributed by atoms with Crippen molar-refractivity contribution < 1.29 is 38.1 Å². The third-order valence-electron chi connectivity index (χ3n) is 5.04. The van der Waals surface area contributed by atoms with Gasteiger partial charge in [-0.2, -0.15) is 0 Å². The lowest BCUT2D eigenvalue weighted by atomic mass is 10.1. The number of nitrogens with zero attached hydrogens (tertiary/aromatic N) is 1. The van der Waals surface area contributed by atoms with Gasteiger partial charge in [-0.25, -0.2) is 0 Å². The molecule has 0 aliphatic carbocycles. The van der Waals surface area contributed by atoms with E-state index in [1.165, 1.54) is 33.5 Å². The summed E-state index contributed by atoms with van der Waals surface area (Å²) in [5.74, 6) is -1.85. The molecule has 2 aromatic carbocycles. The molecular formula is C23H25N3O8. The van der Waals surface area contributed by atoms with Gasteiger partial charge in [0, 0.05) is 18.1 Å². The topological polar surface area (TPSA) is 133 Å². The molecule has 11 heteroatoms. The van der Waals surface area contributed by atoms with E-state index >= 15 is 0 Å². The molecule has 1 saturated heterocycles. The molecule has 1 aliphatic rings. The largest absolute Gasteiger partial charge is 0.497 e. The predicted molar refractivity (Wildman–Crippen MR) is 119 cm³/mol. The van der Waals surface area contributed by atoms with Crippen LogP contribution in [-0.4, -0.2) is 63.2 Å². The van der Waals surface area contributed by atoms with Crippen molar-refractivity contribution in [2.75, 3.05) is 39.8 Å². The molecule has 1 heterocycles. The fourth-order valence-electron chi connectivity index (χ4n) is 3.29.